The zero-order valence-corrected chi connectivity index (χ0v) is 12.9. The van der Waals surface area contributed by atoms with Crippen LogP contribution in [0.2, 0.25) is 0 Å². The maximum absolute atomic E-state index is 12.3. The molecule has 1 heterocycles. The van der Waals surface area contributed by atoms with Crippen molar-refractivity contribution in [3.05, 3.63) is 28.6 Å². The van der Waals surface area contributed by atoms with Gasteiger partial charge in [-0.3, -0.25) is 4.79 Å². The molecule has 108 valence electrons. The Morgan fingerprint density at radius 2 is 2.15 bits per heavy atom. The van der Waals surface area contributed by atoms with E-state index in [9.17, 15) is 9.90 Å². The third-order valence-corrected chi connectivity index (χ3v) is 4.47. The summed E-state index contributed by atoms with van der Waals surface area (Å²) in [6.07, 6.45) is 0. The Bertz CT molecular complexity index is 646. The van der Waals surface area contributed by atoms with E-state index in [2.05, 4.69) is 5.32 Å². The summed E-state index contributed by atoms with van der Waals surface area (Å²) in [5.74, 6) is 0.628. The lowest BCUT2D eigenvalue weighted by molar-refractivity contribution is 0.0873. The molecule has 0 radical (unpaired) electrons. The van der Waals surface area contributed by atoms with Crippen LogP contribution in [0, 0.1) is 6.92 Å². The predicted octanol–water partition coefficient (Wildman–Crippen LogP) is 2.72. The second kappa shape index (κ2) is 5.42. The Balaban J connectivity index is 2.40. The van der Waals surface area contributed by atoms with Gasteiger partial charge in [-0.1, -0.05) is 0 Å². The number of carbonyl (C=O) groups is 1. The fourth-order valence-corrected chi connectivity index (χ4v) is 3.03. The van der Waals surface area contributed by atoms with Crippen LogP contribution in [0.3, 0.4) is 0 Å². The number of amides is 1. The second-order valence-electron chi connectivity index (χ2n) is 5.41. The normalized spacial score (nSPS) is 11.7. The van der Waals surface area contributed by atoms with Crippen LogP contribution in [0.1, 0.15) is 29.1 Å². The minimum atomic E-state index is -0.628. The molecule has 5 heteroatoms. The molecule has 1 aromatic heterocycles. The van der Waals surface area contributed by atoms with E-state index in [4.69, 9.17) is 4.74 Å². The minimum absolute atomic E-state index is 0.101. The number of nitrogens with one attached hydrogen (secondary N) is 1. The van der Waals surface area contributed by atoms with Gasteiger partial charge in [0.15, 0.2) is 0 Å². The summed E-state index contributed by atoms with van der Waals surface area (Å²) in [7, 11) is 1.63. The second-order valence-corrected chi connectivity index (χ2v) is 6.47. The minimum Gasteiger partial charge on any atom is -0.497 e. The van der Waals surface area contributed by atoms with Crippen LogP contribution in [-0.4, -0.2) is 30.3 Å². The molecule has 2 N–H and O–H groups in total. The maximum Gasteiger partial charge on any atom is 0.262 e. The number of methoxy groups -OCH3 is 1. The van der Waals surface area contributed by atoms with Crippen molar-refractivity contribution in [3.8, 4) is 5.75 Å². The van der Waals surface area contributed by atoms with Crippen LogP contribution >= 0.6 is 11.3 Å². The lowest BCUT2D eigenvalue weighted by Gasteiger charge is -2.23. The molecule has 4 nitrogen and oxygen atoms in total. The highest BCUT2D eigenvalue weighted by Crippen LogP contribution is 2.33. The maximum atomic E-state index is 12.3. The average molecular weight is 293 g/mol. The number of ether oxygens (including phenoxy) is 1. The Morgan fingerprint density at radius 3 is 2.75 bits per heavy atom. The number of carbonyl (C=O) groups excluding carboxylic acids is 1. The van der Waals surface area contributed by atoms with Gasteiger partial charge in [0.2, 0.25) is 0 Å². The number of hydrogen-bond acceptors (Lipinski definition) is 4. The first-order chi connectivity index (χ1) is 9.38. The van der Waals surface area contributed by atoms with Crippen molar-refractivity contribution in [1.29, 1.82) is 0 Å². The fourth-order valence-electron chi connectivity index (χ4n) is 1.95. The molecule has 0 fully saturated rings. The molecule has 0 aliphatic heterocycles. The smallest absolute Gasteiger partial charge is 0.262 e. The molecule has 0 aliphatic rings. The lowest BCUT2D eigenvalue weighted by atomic mass is 10.1. The van der Waals surface area contributed by atoms with Crippen molar-refractivity contribution >= 4 is 27.3 Å². The van der Waals surface area contributed by atoms with Crippen LogP contribution in [0.5, 0.6) is 5.75 Å². The van der Waals surface area contributed by atoms with Crippen LogP contribution < -0.4 is 10.1 Å². The molecule has 0 bridgehead atoms. The molecule has 20 heavy (non-hydrogen) atoms. The summed E-state index contributed by atoms with van der Waals surface area (Å²) in [6, 6.07) is 5.78. The number of thiophene rings is 1. The quantitative estimate of drug-likeness (QED) is 0.911. The number of aliphatic hydroxyl groups excluding tert-OH is 1. The van der Waals surface area contributed by atoms with Gasteiger partial charge in [-0.25, -0.2) is 0 Å². The molecule has 2 aromatic rings. The topological polar surface area (TPSA) is 58.6 Å². The highest BCUT2D eigenvalue weighted by Gasteiger charge is 2.23. The molecule has 1 amide bonds. The van der Waals surface area contributed by atoms with E-state index in [-0.39, 0.29) is 12.5 Å². The van der Waals surface area contributed by atoms with Crippen molar-refractivity contribution in [2.45, 2.75) is 26.3 Å². The van der Waals surface area contributed by atoms with Crippen molar-refractivity contribution in [2.75, 3.05) is 13.7 Å². The third-order valence-electron chi connectivity index (χ3n) is 3.20. The number of hydrogen-bond donors (Lipinski definition) is 2. The average Bonchev–Trinajstić information content (AvgIpc) is 2.75. The Morgan fingerprint density at radius 1 is 1.45 bits per heavy atom. The molecule has 0 spiro atoms. The Kier molecular flexibility index (Phi) is 4.01. The third kappa shape index (κ3) is 2.78. The standard InChI is InChI=1S/C15H19NO3S/c1-9-11-7-10(19-4)5-6-12(11)20-13(9)14(18)16-15(2,3)8-17/h5-7,17H,8H2,1-4H3,(H,16,18). The van der Waals surface area contributed by atoms with E-state index in [1.165, 1.54) is 11.3 Å². The van der Waals surface area contributed by atoms with Gasteiger partial charge in [0, 0.05) is 4.70 Å². The molecule has 0 unspecified atom stereocenters. The molecule has 2 rings (SSSR count). The van der Waals surface area contributed by atoms with E-state index in [0.29, 0.717) is 4.88 Å². The summed E-state index contributed by atoms with van der Waals surface area (Å²) < 4.78 is 6.27. The number of aryl methyl sites for hydroxylation is 1. The molecule has 0 atom stereocenters. The zero-order chi connectivity index (χ0) is 14.9. The van der Waals surface area contributed by atoms with Crippen LogP contribution in [0.4, 0.5) is 0 Å². The van der Waals surface area contributed by atoms with E-state index in [0.717, 1.165) is 21.4 Å². The van der Waals surface area contributed by atoms with Gasteiger partial charge in [0.1, 0.15) is 5.75 Å². The number of aliphatic hydroxyl groups is 1. The summed E-state index contributed by atoms with van der Waals surface area (Å²) in [5.41, 5.74) is 0.312. The van der Waals surface area contributed by atoms with E-state index in [1.54, 1.807) is 21.0 Å². The highest BCUT2D eigenvalue weighted by atomic mass is 32.1. The lowest BCUT2D eigenvalue weighted by Crippen LogP contribution is -2.46. The number of benzene rings is 1. The van der Waals surface area contributed by atoms with Crippen molar-refractivity contribution < 1.29 is 14.6 Å². The summed E-state index contributed by atoms with van der Waals surface area (Å²) in [4.78, 5) is 13.0. The van der Waals surface area contributed by atoms with Gasteiger partial charge in [-0.15, -0.1) is 11.3 Å². The fraction of sp³-hybridized carbons (Fsp3) is 0.400. The molecule has 1 aromatic carbocycles. The largest absolute Gasteiger partial charge is 0.497 e. The highest BCUT2D eigenvalue weighted by molar-refractivity contribution is 7.21. The van der Waals surface area contributed by atoms with E-state index < -0.39 is 5.54 Å². The monoisotopic (exact) mass is 293 g/mol. The molecular weight excluding hydrogens is 274 g/mol. The summed E-state index contributed by atoms with van der Waals surface area (Å²) in [5, 5.41) is 13.1. The van der Waals surface area contributed by atoms with Gasteiger partial charge < -0.3 is 15.2 Å². The molecule has 0 saturated heterocycles. The molecule has 0 saturated carbocycles. The van der Waals surface area contributed by atoms with E-state index >= 15 is 0 Å². The van der Waals surface area contributed by atoms with Gasteiger partial charge >= 0.3 is 0 Å². The first-order valence-corrected chi connectivity index (χ1v) is 7.20. The van der Waals surface area contributed by atoms with Gasteiger partial charge in [-0.2, -0.15) is 0 Å². The first kappa shape index (κ1) is 14.8. The van der Waals surface area contributed by atoms with Crippen molar-refractivity contribution in [2.24, 2.45) is 0 Å². The predicted molar refractivity (Wildman–Crippen MR) is 81.7 cm³/mol. The van der Waals surface area contributed by atoms with Gasteiger partial charge in [0.05, 0.1) is 24.1 Å². The van der Waals surface area contributed by atoms with Crippen molar-refractivity contribution in [1.82, 2.24) is 5.32 Å². The molecular formula is C15H19NO3S. The van der Waals surface area contributed by atoms with Crippen LogP contribution in [-0.2, 0) is 0 Å². The summed E-state index contributed by atoms with van der Waals surface area (Å²) in [6.45, 7) is 5.41. The van der Waals surface area contributed by atoms with Gasteiger partial charge in [-0.05, 0) is 49.9 Å². The number of fused-ring (bicyclic) bond motifs is 1. The SMILES string of the molecule is COc1ccc2sc(C(=O)NC(C)(C)CO)c(C)c2c1. The van der Waals surface area contributed by atoms with E-state index in [1.807, 2.05) is 25.1 Å². The van der Waals surface area contributed by atoms with Crippen LogP contribution in [0.25, 0.3) is 10.1 Å². The number of rotatable bonds is 4. The molecule has 0 aliphatic carbocycles. The Labute approximate surface area is 122 Å². The summed E-state index contributed by atoms with van der Waals surface area (Å²) >= 11 is 1.45. The first-order valence-electron chi connectivity index (χ1n) is 6.38. The Hall–Kier alpha value is -1.59. The van der Waals surface area contributed by atoms with Crippen molar-refractivity contribution in [3.63, 3.8) is 0 Å². The van der Waals surface area contributed by atoms with Crippen LogP contribution in [0.15, 0.2) is 18.2 Å². The van der Waals surface area contributed by atoms with Gasteiger partial charge in [0.25, 0.3) is 5.91 Å². The zero-order valence-electron chi connectivity index (χ0n) is 12.1.